The fourth-order valence-corrected chi connectivity index (χ4v) is 4.68. The third-order valence-corrected chi connectivity index (χ3v) is 6.69. The highest BCUT2D eigenvalue weighted by Crippen LogP contribution is 2.20. The lowest BCUT2D eigenvalue weighted by atomic mass is 10.1. The Kier molecular flexibility index (Phi) is 8.67. The van der Waals surface area contributed by atoms with Gasteiger partial charge in [-0.2, -0.15) is 0 Å². The molecule has 0 bridgehead atoms. The number of amides is 2. The van der Waals surface area contributed by atoms with Gasteiger partial charge in [-0.3, -0.25) is 19.7 Å². The molecule has 2 aromatic rings. The molecule has 32 heavy (non-hydrogen) atoms. The lowest BCUT2D eigenvalue weighted by molar-refractivity contribution is -0.384. The molecule has 0 aromatic heterocycles. The summed E-state index contributed by atoms with van der Waals surface area (Å²) in [5, 5.41) is 13.9. The van der Waals surface area contributed by atoms with Crippen molar-refractivity contribution >= 4 is 29.3 Å². The van der Waals surface area contributed by atoms with Gasteiger partial charge in [-0.05, 0) is 30.9 Å². The molecule has 8 heteroatoms. The third-order valence-electron chi connectivity index (χ3n) is 5.71. The van der Waals surface area contributed by atoms with Crippen molar-refractivity contribution in [3.63, 3.8) is 0 Å². The number of carbonyl (C=O) groups excluding carboxylic acids is 2. The van der Waals surface area contributed by atoms with Crippen molar-refractivity contribution in [3.05, 3.63) is 75.8 Å². The molecule has 0 aliphatic heterocycles. The van der Waals surface area contributed by atoms with Gasteiger partial charge >= 0.3 is 0 Å². The van der Waals surface area contributed by atoms with E-state index in [1.807, 2.05) is 30.3 Å². The van der Waals surface area contributed by atoms with Crippen LogP contribution in [-0.2, 0) is 21.9 Å². The van der Waals surface area contributed by atoms with Gasteiger partial charge < -0.3 is 10.2 Å². The fraction of sp³-hybridized carbons (Fsp3) is 0.417. The molecule has 1 fully saturated rings. The number of thioether (sulfide) groups is 1. The molecule has 2 aromatic carbocycles. The monoisotopic (exact) mass is 455 g/mol. The van der Waals surface area contributed by atoms with Gasteiger partial charge in [-0.15, -0.1) is 11.8 Å². The smallest absolute Gasteiger partial charge is 0.269 e. The third kappa shape index (κ3) is 6.82. The summed E-state index contributed by atoms with van der Waals surface area (Å²) < 4.78 is 0. The van der Waals surface area contributed by atoms with Crippen LogP contribution in [0.3, 0.4) is 0 Å². The van der Waals surface area contributed by atoms with Crippen LogP contribution in [-0.4, -0.2) is 39.5 Å². The van der Waals surface area contributed by atoms with Gasteiger partial charge in [-0.1, -0.05) is 55.3 Å². The first-order valence-electron chi connectivity index (χ1n) is 10.9. The van der Waals surface area contributed by atoms with E-state index in [1.54, 1.807) is 24.0 Å². The van der Waals surface area contributed by atoms with E-state index in [0.29, 0.717) is 12.3 Å². The van der Waals surface area contributed by atoms with Crippen molar-refractivity contribution < 1.29 is 14.5 Å². The van der Waals surface area contributed by atoms with Crippen molar-refractivity contribution in [1.29, 1.82) is 0 Å². The van der Waals surface area contributed by atoms with E-state index >= 15 is 0 Å². The molecule has 7 nitrogen and oxygen atoms in total. The maximum Gasteiger partial charge on any atom is 0.269 e. The Morgan fingerprint density at radius 2 is 1.75 bits per heavy atom. The quantitative estimate of drug-likeness (QED) is 0.426. The summed E-state index contributed by atoms with van der Waals surface area (Å²) in [5.41, 5.74) is 1.93. The SMILES string of the molecule is C[C@@H](C(=O)NC1CCCC1)N(Cc1ccccc1)C(=O)CSCc1ccc([N+](=O)[O-])cc1. The molecule has 1 saturated carbocycles. The van der Waals surface area contributed by atoms with Crippen LogP contribution in [0.25, 0.3) is 0 Å². The summed E-state index contributed by atoms with van der Waals surface area (Å²) in [7, 11) is 0. The number of hydrogen-bond acceptors (Lipinski definition) is 5. The predicted octanol–water partition coefficient (Wildman–Crippen LogP) is 4.30. The number of nitro groups is 1. The standard InChI is InChI=1S/C24H29N3O4S/c1-18(24(29)25-21-9-5-6-10-21)26(15-19-7-3-2-4-8-19)23(28)17-32-16-20-11-13-22(14-12-20)27(30)31/h2-4,7-8,11-14,18,21H,5-6,9-10,15-17H2,1H3,(H,25,29)/t18-/m0/s1. The van der Waals surface area contributed by atoms with E-state index in [9.17, 15) is 19.7 Å². The molecular formula is C24H29N3O4S. The first-order valence-corrected chi connectivity index (χ1v) is 12.0. The van der Waals surface area contributed by atoms with Crippen LogP contribution < -0.4 is 5.32 Å². The van der Waals surface area contributed by atoms with Gasteiger partial charge in [0.2, 0.25) is 11.8 Å². The first-order chi connectivity index (χ1) is 15.4. The van der Waals surface area contributed by atoms with Crippen LogP contribution in [0.5, 0.6) is 0 Å². The Bertz CT molecular complexity index is 915. The van der Waals surface area contributed by atoms with Crippen molar-refractivity contribution in [2.24, 2.45) is 0 Å². The minimum atomic E-state index is -0.566. The normalized spacial score (nSPS) is 14.7. The second kappa shape index (κ2) is 11.7. The number of nitrogens with one attached hydrogen (secondary N) is 1. The lowest BCUT2D eigenvalue weighted by Gasteiger charge is -2.29. The van der Waals surface area contributed by atoms with Crippen molar-refractivity contribution in [2.75, 3.05) is 5.75 Å². The number of non-ortho nitro benzene ring substituents is 1. The van der Waals surface area contributed by atoms with E-state index in [0.717, 1.165) is 36.8 Å². The van der Waals surface area contributed by atoms with Crippen LogP contribution in [0.2, 0.25) is 0 Å². The Morgan fingerprint density at radius 3 is 2.38 bits per heavy atom. The average Bonchev–Trinajstić information content (AvgIpc) is 3.31. The Morgan fingerprint density at radius 1 is 1.09 bits per heavy atom. The fourth-order valence-electron chi connectivity index (χ4n) is 3.81. The molecule has 0 radical (unpaired) electrons. The van der Waals surface area contributed by atoms with Gasteiger partial charge in [0, 0.05) is 30.5 Å². The lowest BCUT2D eigenvalue weighted by Crippen LogP contribution is -2.50. The zero-order valence-electron chi connectivity index (χ0n) is 18.2. The van der Waals surface area contributed by atoms with Crippen molar-refractivity contribution in [3.8, 4) is 0 Å². The van der Waals surface area contributed by atoms with Gasteiger partial charge in [0.25, 0.3) is 5.69 Å². The second-order valence-corrected chi connectivity index (χ2v) is 9.08. The molecule has 0 spiro atoms. The highest BCUT2D eigenvalue weighted by Gasteiger charge is 2.28. The predicted molar refractivity (Wildman–Crippen MR) is 126 cm³/mol. The molecule has 1 aliphatic rings. The largest absolute Gasteiger partial charge is 0.352 e. The second-order valence-electron chi connectivity index (χ2n) is 8.09. The zero-order valence-corrected chi connectivity index (χ0v) is 19.1. The molecular weight excluding hydrogens is 426 g/mol. The van der Waals surface area contributed by atoms with Crippen molar-refractivity contribution in [2.45, 2.75) is 57.0 Å². The number of nitrogens with zero attached hydrogens (tertiary/aromatic N) is 2. The summed E-state index contributed by atoms with van der Waals surface area (Å²) in [6.07, 6.45) is 4.25. The van der Waals surface area contributed by atoms with E-state index in [-0.39, 0.29) is 29.3 Å². The molecule has 1 N–H and O–H groups in total. The number of nitro benzene ring substituents is 1. The topological polar surface area (TPSA) is 92.6 Å². The highest BCUT2D eigenvalue weighted by atomic mass is 32.2. The van der Waals surface area contributed by atoms with Crippen molar-refractivity contribution in [1.82, 2.24) is 10.2 Å². The molecule has 2 amide bonds. The summed E-state index contributed by atoms with van der Waals surface area (Å²) in [5.74, 6) is 0.576. The van der Waals surface area contributed by atoms with Gasteiger partial charge in [-0.25, -0.2) is 0 Å². The summed E-state index contributed by atoms with van der Waals surface area (Å²) in [6, 6.07) is 15.6. The molecule has 0 heterocycles. The number of hydrogen-bond donors (Lipinski definition) is 1. The Hall–Kier alpha value is -2.87. The molecule has 1 aliphatic carbocycles. The highest BCUT2D eigenvalue weighted by molar-refractivity contribution is 7.99. The van der Waals surface area contributed by atoms with Gasteiger partial charge in [0.15, 0.2) is 0 Å². The van der Waals surface area contributed by atoms with Crippen LogP contribution in [0.4, 0.5) is 5.69 Å². The van der Waals surface area contributed by atoms with E-state index in [2.05, 4.69) is 5.32 Å². The summed E-state index contributed by atoms with van der Waals surface area (Å²) in [6.45, 7) is 2.16. The van der Waals surface area contributed by atoms with Crippen LogP contribution in [0.15, 0.2) is 54.6 Å². The molecule has 0 saturated heterocycles. The number of benzene rings is 2. The molecule has 3 rings (SSSR count). The maximum absolute atomic E-state index is 13.1. The zero-order chi connectivity index (χ0) is 22.9. The van der Waals surface area contributed by atoms with Gasteiger partial charge in [0.05, 0.1) is 10.7 Å². The van der Waals surface area contributed by atoms with E-state index in [1.165, 1.54) is 23.9 Å². The maximum atomic E-state index is 13.1. The summed E-state index contributed by atoms with van der Waals surface area (Å²) >= 11 is 1.44. The Balaban J connectivity index is 1.61. The number of carbonyl (C=O) groups is 2. The molecule has 170 valence electrons. The van der Waals surface area contributed by atoms with Crippen LogP contribution in [0, 0.1) is 10.1 Å². The molecule has 0 unspecified atom stereocenters. The van der Waals surface area contributed by atoms with E-state index < -0.39 is 11.0 Å². The Labute approximate surface area is 192 Å². The van der Waals surface area contributed by atoms with E-state index in [4.69, 9.17) is 0 Å². The number of rotatable bonds is 10. The van der Waals surface area contributed by atoms with Crippen LogP contribution in [0.1, 0.15) is 43.7 Å². The minimum absolute atomic E-state index is 0.0472. The first kappa shape index (κ1) is 23.8. The van der Waals surface area contributed by atoms with Gasteiger partial charge in [0.1, 0.15) is 6.04 Å². The average molecular weight is 456 g/mol. The molecule has 1 atom stereocenters. The summed E-state index contributed by atoms with van der Waals surface area (Å²) in [4.78, 5) is 37.9. The van der Waals surface area contributed by atoms with Crippen LogP contribution >= 0.6 is 11.8 Å². The minimum Gasteiger partial charge on any atom is -0.352 e.